The average Bonchev–Trinajstić information content (AvgIpc) is 3.29. The second-order valence-electron chi connectivity index (χ2n) is 5.83. The minimum Gasteiger partial charge on any atom is -0.476 e. The number of likely N-dealkylation sites (N-methyl/N-ethyl adjacent to an activating group) is 1. The lowest BCUT2D eigenvalue weighted by molar-refractivity contribution is 0.224. The van der Waals surface area contributed by atoms with Crippen LogP contribution in [0.4, 0.5) is 0 Å². The zero-order chi connectivity index (χ0) is 13.9. The Labute approximate surface area is 129 Å². The summed E-state index contributed by atoms with van der Waals surface area (Å²) < 4.78 is 6.89. The van der Waals surface area contributed by atoms with E-state index in [1.165, 1.54) is 25.7 Å². The van der Waals surface area contributed by atoms with Gasteiger partial charge in [-0.1, -0.05) is 0 Å². The van der Waals surface area contributed by atoms with Gasteiger partial charge in [0, 0.05) is 41.4 Å². The summed E-state index contributed by atoms with van der Waals surface area (Å²) in [4.78, 5) is 6.78. The molecule has 0 spiro atoms. The Bertz CT molecular complexity index is 460. The average molecular weight is 340 g/mol. The molecule has 1 N–H and O–H groups in total. The van der Waals surface area contributed by atoms with Crippen LogP contribution >= 0.6 is 15.9 Å². The minimum atomic E-state index is 0.697. The third kappa shape index (κ3) is 4.17. The molecule has 1 aromatic rings. The standard InChI is InChI=1S/C15H22BrN3O/c1-19(14-4-5-14)6-7-20-15-11(8-12(16)10-18-15)9-17-13-2-3-13/h8,10,13-14,17H,2-7,9H2,1H3. The molecule has 0 atom stereocenters. The molecule has 4 nitrogen and oxygen atoms in total. The van der Waals surface area contributed by atoms with Crippen molar-refractivity contribution in [3.05, 3.63) is 22.3 Å². The first-order chi connectivity index (χ1) is 9.72. The van der Waals surface area contributed by atoms with E-state index in [1.807, 2.05) is 0 Å². The second kappa shape index (κ2) is 6.41. The Kier molecular flexibility index (Phi) is 4.58. The maximum atomic E-state index is 5.88. The second-order valence-corrected chi connectivity index (χ2v) is 6.75. The van der Waals surface area contributed by atoms with E-state index in [0.717, 1.165) is 35.0 Å². The van der Waals surface area contributed by atoms with E-state index >= 15 is 0 Å². The van der Waals surface area contributed by atoms with E-state index in [2.05, 4.69) is 44.2 Å². The number of nitrogens with one attached hydrogen (secondary N) is 1. The molecule has 0 aromatic carbocycles. The highest BCUT2D eigenvalue weighted by Crippen LogP contribution is 2.26. The molecule has 0 unspecified atom stereocenters. The van der Waals surface area contributed by atoms with Crippen molar-refractivity contribution < 1.29 is 4.74 Å². The number of hydrogen-bond acceptors (Lipinski definition) is 4. The molecule has 2 saturated carbocycles. The molecule has 5 heteroatoms. The van der Waals surface area contributed by atoms with Crippen LogP contribution in [-0.4, -0.2) is 42.2 Å². The van der Waals surface area contributed by atoms with E-state index in [0.29, 0.717) is 12.6 Å². The number of ether oxygens (including phenoxy) is 1. The first kappa shape index (κ1) is 14.3. The van der Waals surface area contributed by atoms with Gasteiger partial charge >= 0.3 is 0 Å². The summed E-state index contributed by atoms with van der Waals surface area (Å²) in [6.45, 7) is 2.51. The third-order valence-corrected chi connectivity index (χ3v) is 4.34. The number of pyridine rings is 1. The molecule has 0 saturated heterocycles. The Hall–Kier alpha value is -0.650. The van der Waals surface area contributed by atoms with E-state index in [-0.39, 0.29) is 0 Å². The molecule has 3 rings (SSSR count). The maximum Gasteiger partial charge on any atom is 0.217 e. The summed E-state index contributed by atoms with van der Waals surface area (Å²) in [7, 11) is 2.17. The van der Waals surface area contributed by atoms with Crippen molar-refractivity contribution in [2.75, 3.05) is 20.2 Å². The van der Waals surface area contributed by atoms with Gasteiger partial charge in [-0.05, 0) is 54.7 Å². The van der Waals surface area contributed by atoms with Crippen LogP contribution in [0.1, 0.15) is 31.2 Å². The van der Waals surface area contributed by atoms with Crippen LogP contribution in [0.3, 0.4) is 0 Å². The van der Waals surface area contributed by atoms with E-state index in [1.54, 1.807) is 6.20 Å². The molecule has 1 aromatic heterocycles. The summed E-state index contributed by atoms with van der Waals surface area (Å²) in [5, 5.41) is 3.52. The molecular weight excluding hydrogens is 318 g/mol. The normalized spacial score (nSPS) is 18.6. The van der Waals surface area contributed by atoms with Crippen molar-refractivity contribution in [2.45, 2.75) is 44.3 Å². The predicted octanol–water partition coefficient (Wildman–Crippen LogP) is 2.57. The monoisotopic (exact) mass is 339 g/mol. The van der Waals surface area contributed by atoms with Gasteiger partial charge < -0.3 is 15.0 Å². The van der Waals surface area contributed by atoms with E-state index in [4.69, 9.17) is 4.74 Å². The lowest BCUT2D eigenvalue weighted by atomic mass is 10.2. The van der Waals surface area contributed by atoms with Crippen LogP contribution in [0.2, 0.25) is 0 Å². The summed E-state index contributed by atoms with van der Waals surface area (Å²) in [5.41, 5.74) is 1.14. The van der Waals surface area contributed by atoms with Gasteiger partial charge in [-0.2, -0.15) is 0 Å². The highest BCUT2D eigenvalue weighted by molar-refractivity contribution is 9.10. The third-order valence-electron chi connectivity index (χ3n) is 3.90. The van der Waals surface area contributed by atoms with Crippen molar-refractivity contribution >= 4 is 15.9 Å². The Morgan fingerprint density at radius 2 is 2.20 bits per heavy atom. The molecule has 2 aliphatic carbocycles. The Morgan fingerprint density at radius 3 is 2.90 bits per heavy atom. The fourth-order valence-electron chi connectivity index (χ4n) is 2.25. The summed E-state index contributed by atoms with van der Waals surface area (Å²) >= 11 is 3.48. The molecule has 20 heavy (non-hydrogen) atoms. The van der Waals surface area contributed by atoms with Crippen LogP contribution in [0.5, 0.6) is 5.88 Å². The lowest BCUT2D eigenvalue weighted by Gasteiger charge is -2.17. The van der Waals surface area contributed by atoms with Crippen LogP contribution in [-0.2, 0) is 6.54 Å². The first-order valence-corrected chi connectivity index (χ1v) is 8.22. The first-order valence-electron chi connectivity index (χ1n) is 7.43. The zero-order valence-electron chi connectivity index (χ0n) is 11.9. The fourth-order valence-corrected chi connectivity index (χ4v) is 2.63. The van der Waals surface area contributed by atoms with Crippen LogP contribution < -0.4 is 10.1 Å². The highest BCUT2D eigenvalue weighted by atomic mass is 79.9. The summed E-state index contributed by atoms with van der Waals surface area (Å²) in [5.74, 6) is 0.769. The number of aromatic nitrogens is 1. The summed E-state index contributed by atoms with van der Waals surface area (Å²) in [6.07, 6.45) is 7.07. The lowest BCUT2D eigenvalue weighted by Crippen LogP contribution is -2.26. The van der Waals surface area contributed by atoms with Crippen molar-refractivity contribution in [3.63, 3.8) is 0 Å². The molecule has 2 aliphatic rings. The van der Waals surface area contributed by atoms with Crippen molar-refractivity contribution in [3.8, 4) is 5.88 Å². The largest absolute Gasteiger partial charge is 0.476 e. The van der Waals surface area contributed by atoms with Crippen LogP contribution in [0.15, 0.2) is 16.7 Å². The molecule has 0 amide bonds. The zero-order valence-corrected chi connectivity index (χ0v) is 13.5. The molecule has 110 valence electrons. The topological polar surface area (TPSA) is 37.4 Å². The molecule has 1 heterocycles. The van der Waals surface area contributed by atoms with Crippen LogP contribution in [0.25, 0.3) is 0 Å². The number of nitrogens with zero attached hydrogens (tertiary/aromatic N) is 2. The number of halogens is 1. The van der Waals surface area contributed by atoms with Crippen molar-refractivity contribution in [1.29, 1.82) is 0 Å². The Balaban J connectivity index is 1.52. The van der Waals surface area contributed by atoms with E-state index < -0.39 is 0 Å². The quantitative estimate of drug-likeness (QED) is 0.789. The van der Waals surface area contributed by atoms with Crippen LogP contribution in [0, 0.1) is 0 Å². The van der Waals surface area contributed by atoms with Gasteiger partial charge in [0.25, 0.3) is 0 Å². The minimum absolute atomic E-state index is 0.697. The fraction of sp³-hybridized carbons (Fsp3) is 0.667. The van der Waals surface area contributed by atoms with Gasteiger partial charge in [0.15, 0.2) is 0 Å². The molecule has 0 aliphatic heterocycles. The predicted molar refractivity (Wildman–Crippen MR) is 82.9 cm³/mol. The van der Waals surface area contributed by atoms with Gasteiger partial charge in [0.2, 0.25) is 5.88 Å². The molecular formula is C15H22BrN3O. The van der Waals surface area contributed by atoms with Crippen molar-refractivity contribution in [2.24, 2.45) is 0 Å². The van der Waals surface area contributed by atoms with E-state index in [9.17, 15) is 0 Å². The van der Waals surface area contributed by atoms with Gasteiger partial charge in [-0.25, -0.2) is 4.98 Å². The van der Waals surface area contributed by atoms with Gasteiger partial charge in [-0.3, -0.25) is 0 Å². The van der Waals surface area contributed by atoms with Gasteiger partial charge in [-0.15, -0.1) is 0 Å². The van der Waals surface area contributed by atoms with Gasteiger partial charge in [0.1, 0.15) is 6.61 Å². The highest BCUT2D eigenvalue weighted by Gasteiger charge is 2.25. The smallest absolute Gasteiger partial charge is 0.217 e. The number of rotatable bonds is 8. The molecule has 2 fully saturated rings. The molecule has 0 bridgehead atoms. The SMILES string of the molecule is CN(CCOc1ncc(Br)cc1CNC1CC1)C1CC1. The Morgan fingerprint density at radius 1 is 1.40 bits per heavy atom. The summed E-state index contributed by atoms with van der Waals surface area (Å²) in [6, 6.07) is 3.58. The maximum absolute atomic E-state index is 5.88. The molecule has 0 radical (unpaired) electrons. The van der Waals surface area contributed by atoms with Gasteiger partial charge in [0.05, 0.1) is 0 Å². The number of hydrogen-bond donors (Lipinski definition) is 1. The van der Waals surface area contributed by atoms with Crippen molar-refractivity contribution in [1.82, 2.24) is 15.2 Å².